The summed E-state index contributed by atoms with van der Waals surface area (Å²) in [7, 11) is 1.70. The molecule has 0 spiro atoms. The SMILES string of the molecule is COc1ccccc1N1CCN(c2ccc(NC(=O)c3cccc(Br)c3)cc2C(=O)N2CCCC2)CC1. The predicted octanol–water partition coefficient (Wildman–Crippen LogP) is 5.27. The lowest BCUT2D eigenvalue weighted by Gasteiger charge is -2.38. The van der Waals surface area contributed by atoms with Gasteiger partial charge >= 0.3 is 0 Å². The third-order valence-corrected chi connectivity index (χ3v) is 7.50. The minimum atomic E-state index is -0.209. The number of ether oxygens (including phenoxy) is 1. The third-order valence-electron chi connectivity index (χ3n) is 7.01. The Labute approximate surface area is 226 Å². The highest BCUT2D eigenvalue weighted by molar-refractivity contribution is 9.10. The van der Waals surface area contributed by atoms with Gasteiger partial charge in [-0.25, -0.2) is 0 Å². The van der Waals surface area contributed by atoms with Crippen LogP contribution in [0.5, 0.6) is 5.75 Å². The van der Waals surface area contributed by atoms with E-state index >= 15 is 0 Å². The second-order valence-corrected chi connectivity index (χ2v) is 10.3. The summed E-state index contributed by atoms with van der Waals surface area (Å²) in [6.07, 6.45) is 2.05. The lowest BCUT2D eigenvalue weighted by Crippen LogP contribution is -2.47. The molecule has 0 aliphatic carbocycles. The number of carbonyl (C=O) groups is 2. The quantitative estimate of drug-likeness (QED) is 0.443. The molecule has 2 saturated heterocycles. The molecule has 7 nitrogen and oxygen atoms in total. The molecular formula is C29H31BrN4O3. The summed E-state index contributed by atoms with van der Waals surface area (Å²) >= 11 is 3.42. The standard InChI is InChI=1S/C29H31BrN4O3/c1-37-27-10-3-2-9-26(27)33-17-15-32(16-18-33)25-12-11-23(20-24(25)29(36)34-13-4-5-14-34)31-28(35)21-7-6-8-22(30)19-21/h2-3,6-12,19-20H,4-5,13-18H2,1H3,(H,31,35). The predicted molar refractivity (Wildman–Crippen MR) is 151 cm³/mol. The molecule has 8 heteroatoms. The van der Waals surface area contributed by atoms with E-state index in [0.29, 0.717) is 16.8 Å². The maximum Gasteiger partial charge on any atom is 0.256 e. The van der Waals surface area contributed by atoms with Crippen molar-refractivity contribution in [3.8, 4) is 5.75 Å². The number of nitrogens with zero attached hydrogens (tertiary/aromatic N) is 3. The first-order valence-corrected chi connectivity index (χ1v) is 13.5. The Balaban J connectivity index is 1.38. The second kappa shape index (κ2) is 11.3. The number of methoxy groups -OCH3 is 1. The first kappa shape index (κ1) is 25.1. The van der Waals surface area contributed by atoms with E-state index in [9.17, 15) is 9.59 Å². The van der Waals surface area contributed by atoms with E-state index in [2.05, 4.69) is 37.1 Å². The first-order valence-electron chi connectivity index (χ1n) is 12.7. The van der Waals surface area contributed by atoms with Gasteiger partial charge in [-0.05, 0) is 61.4 Å². The zero-order valence-electron chi connectivity index (χ0n) is 21.0. The lowest BCUT2D eigenvalue weighted by atomic mass is 10.1. The molecule has 2 aliphatic rings. The molecule has 0 unspecified atom stereocenters. The van der Waals surface area contributed by atoms with Gasteiger partial charge in [-0.15, -0.1) is 0 Å². The molecule has 192 valence electrons. The summed E-state index contributed by atoms with van der Waals surface area (Å²) in [6, 6.07) is 21.0. The maximum absolute atomic E-state index is 13.6. The fourth-order valence-electron chi connectivity index (χ4n) is 5.06. The number of amides is 2. The van der Waals surface area contributed by atoms with Crippen LogP contribution in [0, 0.1) is 0 Å². The van der Waals surface area contributed by atoms with Crippen LogP contribution in [0.15, 0.2) is 71.2 Å². The average Bonchev–Trinajstić information content (AvgIpc) is 3.48. The fraction of sp³-hybridized carbons (Fsp3) is 0.310. The highest BCUT2D eigenvalue weighted by Crippen LogP contribution is 2.32. The first-order chi connectivity index (χ1) is 18.0. The monoisotopic (exact) mass is 562 g/mol. The van der Waals surface area contributed by atoms with Gasteiger partial charge in [-0.3, -0.25) is 9.59 Å². The minimum absolute atomic E-state index is 0.0261. The van der Waals surface area contributed by atoms with Crippen molar-refractivity contribution in [2.45, 2.75) is 12.8 Å². The smallest absolute Gasteiger partial charge is 0.256 e. The molecule has 0 atom stereocenters. The van der Waals surface area contributed by atoms with Crippen molar-refractivity contribution in [3.05, 3.63) is 82.3 Å². The van der Waals surface area contributed by atoms with Crippen molar-refractivity contribution in [2.24, 2.45) is 0 Å². The highest BCUT2D eigenvalue weighted by Gasteiger charge is 2.27. The van der Waals surface area contributed by atoms with Gasteiger partial charge in [0, 0.05) is 60.7 Å². The third kappa shape index (κ3) is 5.59. The van der Waals surface area contributed by atoms with E-state index in [0.717, 1.165) is 73.7 Å². The Hall–Kier alpha value is -3.52. The van der Waals surface area contributed by atoms with Crippen LogP contribution < -0.4 is 19.9 Å². The van der Waals surface area contributed by atoms with Gasteiger partial charge in [0.05, 0.1) is 18.4 Å². The van der Waals surface area contributed by atoms with Crippen LogP contribution in [0.1, 0.15) is 33.6 Å². The Morgan fingerprint density at radius 1 is 0.811 bits per heavy atom. The van der Waals surface area contributed by atoms with E-state index in [4.69, 9.17) is 4.74 Å². The summed E-state index contributed by atoms with van der Waals surface area (Å²) < 4.78 is 6.40. The Kier molecular flexibility index (Phi) is 7.65. The van der Waals surface area contributed by atoms with Crippen molar-refractivity contribution < 1.29 is 14.3 Å². The number of likely N-dealkylation sites (tertiary alicyclic amines) is 1. The lowest BCUT2D eigenvalue weighted by molar-refractivity contribution is 0.0793. The topological polar surface area (TPSA) is 65.1 Å². The van der Waals surface area contributed by atoms with Gasteiger partial charge < -0.3 is 24.8 Å². The summed E-state index contributed by atoms with van der Waals surface area (Å²) in [5.41, 5.74) is 3.81. The molecule has 1 N–H and O–H groups in total. The summed E-state index contributed by atoms with van der Waals surface area (Å²) in [6.45, 7) is 4.74. The number of anilines is 3. The van der Waals surface area contributed by atoms with E-state index in [-0.39, 0.29) is 11.8 Å². The number of hydrogen-bond acceptors (Lipinski definition) is 5. The number of para-hydroxylation sites is 2. The minimum Gasteiger partial charge on any atom is -0.495 e. The summed E-state index contributed by atoms with van der Waals surface area (Å²) in [4.78, 5) is 33.0. The van der Waals surface area contributed by atoms with Gasteiger partial charge in [0.2, 0.25) is 0 Å². The van der Waals surface area contributed by atoms with Crippen LogP contribution in [-0.2, 0) is 0 Å². The maximum atomic E-state index is 13.6. The Morgan fingerprint density at radius 3 is 2.22 bits per heavy atom. The molecule has 2 heterocycles. The zero-order valence-corrected chi connectivity index (χ0v) is 22.5. The van der Waals surface area contributed by atoms with Crippen LogP contribution in [0.4, 0.5) is 17.1 Å². The van der Waals surface area contributed by atoms with Gasteiger partial charge in [0.1, 0.15) is 5.75 Å². The van der Waals surface area contributed by atoms with Crippen molar-refractivity contribution in [1.82, 2.24) is 4.90 Å². The van der Waals surface area contributed by atoms with E-state index in [1.165, 1.54) is 0 Å². The summed E-state index contributed by atoms with van der Waals surface area (Å²) in [5, 5.41) is 2.97. The van der Waals surface area contributed by atoms with Gasteiger partial charge in [-0.2, -0.15) is 0 Å². The van der Waals surface area contributed by atoms with E-state index < -0.39 is 0 Å². The highest BCUT2D eigenvalue weighted by atomic mass is 79.9. The van der Waals surface area contributed by atoms with Crippen molar-refractivity contribution in [3.63, 3.8) is 0 Å². The number of hydrogen-bond donors (Lipinski definition) is 1. The normalized spacial score (nSPS) is 15.6. The molecule has 2 fully saturated rings. The zero-order chi connectivity index (χ0) is 25.8. The number of piperazine rings is 1. The van der Waals surface area contributed by atoms with Crippen LogP contribution >= 0.6 is 15.9 Å². The molecule has 0 saturated carbocycles. The Bertz CT molecular complexity index is 1280. The molecular weight excluding hydrogens is 532 g/mol. The molecule has 5 rings (SSSR count). The van der Waals surface area contributed by atoms with Crippen LogP contribution in [-0.4, -0.2) is 63.1 Å². The van der Waals surface area contributed by atoms with Crippen molar-refractivity contribution in [1.29, 1.82) is 0 Å². The number of benzene rings is 3. The number of halogens is 1. The van der Waals surface area contributed by atoms with E-state index in [1.54, 1.807) is 19.2 Å². The van der Waals surface area contributed by atoms with Gasteiger partial charge in [-0.1, -0.05) is 34.1 Å². The molecule has 3 aromatic carbocycles. The molecule has 2 aliphatic heterocycles. The molecule has 3 aromatic rings. The van der Waals surface area contributed by atoms with Crippen molar-refractivity contribution in [2.75, 3.05) is 61.5 Å². The Morgan fingerprint density at radius 2 is 1.51 bits per heavy atom. The molecule has 0 bridgehead atoms. The largest absolute Gasteiger partial charge is 0.495 e. The van der Waals surface area contributed by atoms with E-state index in [1.807, 2.05) is 53.4 Å². The summed E-state index contributed by atoms with van der Waals surface area (Å²) in [5.74, 6) is 0.684. The van der Waals surface area contributed by atoms with Crippen LogP contribution in [0.2, 0.25) is 0 Å². The number of rotatable bonds is 6. The number of nitrogens with one attached hydrogen (secondary N) is 1. The van der Waals surface area contributed by atoms with Gasteiger partial charge in [0.15, 0.2) is 0 Å². The van der Waals surface area contributed by atoms with Crippen LogP contribution in [0.3, 0.4) is 0 Å². The molecule has 37 heavy (non-hydrogen) atoms. The second-order valence-electron chi connectivity index (χ2n) is 9.34. The molecule has 0 radical (unpaired) electrons. The molecule has 2 amide bonds. The average molecular weight is 563 g/mol. The van der Waals surface area contributed by atoms with Gasteiger partial charge in [0.25, 0.3) is 11.8 Å². The van der Waals surface area contributed by atoms with Crippen molar-refractivity contribution >= 4 is 44.8 Å². The van der Waals surface area contributed by atoms with Crippen LogP contribution in [0.25, 0.3) is 0 Å². The number of carbonyl (C=O) groups excluding carboxylic acids is 2. The molecule has 0 aromatic heterocycles. The fourth-order valence-corrected chi connectivity index (χ4v) is 5.46.